The minimum Gasteiger partial charge on any atom is -0.486 e. The molecule has 0 spiro atoms. The Hall–Kier alpha value is -4.26. The maximum Gasteiger partial charge on any atom is 0.332 e. The van der Waals surface area contributed by atoms with Gasteiger partial charge in [-0.05, 0) is 29.3 Å². The van der Waals surface area contributed by atoms with E-state index in [1.165, 1.54) is 4.90 Å². The van der Waals surface area contributed by atoms with Crippen LogP contribution in [0.2, 0.25) is 0 Å². The van der Waals surface area contributed by atoms with E-state index >= 15 is 0 Å². The normalized spacial score (nSPS) is 21.1. The molecule has 3 aliphatic rings. The first kappa shape index (κ1) is 19.2. The van der Waals surface area contributed by atoms with E-state index in [0.29, 0.717) is 36.8 Å². The lowest BCUT2D eigenvalue weighted by Crippen LogP contribution is -2.44. The molecule has 168 valence electrons. The molecule has 1 saturated heterocycles. The van der Waals surface area contributed by atoms with Gasteiger partial charge in [-0.3, -0.25) is 9.69 Å². The number of para-hydroxylation sites is 1. The number of ether oxygens (including phenoxy) is 2. The van der Waals surface area contributed by atoms with Gasteiger partial charge >= 0.3 is 6.03 Å². The second-order valence-corrected chi connectivity index (χ2v) is 8.79. The fourth-order valence-electron chi connectivity index (χ4n) is 5.47. The van der Waals surface area contributed by atoms with Crippen molar-refractivity contribution in [2.24, 2.45) is 0 Å². The summed E-state index contributed by atoms with van der Waals surface area (Å²) in [6, 6.07) is 21.9. The lowest BCUT2D eigenvalue weighted by Gasteiger charge is -2.36. The molecule has 3 aliphatic heterocycles. The van der Waals surface area contributed by atoms with Crippen molar-refractivity contribution in [2.45, 2.75) is 18.5 Å². The van der Waals surface area contributed by atoms with Crippen molar-refractivity contribution in [2.75, 3.05) is 18.1 Å². The predicted octanol–water partition coefficient (Wildman–Crippen LogP) is 4.42. The highest BCUT2D eigenvalue weighted by molar-refractivity contribution is 6.22. The van der Waals surface area contributed by atoms with Crippen molar-refractivity contribution >= 4 is 28.5 Å². The molecule has 7 nitrogen and oxygen atoms in total. The van der Waals surface area contributed by atoms with Crippen LogP contribution in [0.3, 0.4) is 0 Å². The van der Waals surface area contributed by atoms with Crippen LogP contribution in [0.15, 0.2) is 72.8 Å². The lowest BCUT2D eigenvalue weighted by atomic mass is 9.89. The van der Waals surface area contributed by atoms with Crippen LogP contribution in [0.25, 0.3) is 10.9 Å². The summed E-state index contributed by atoms with van der Waals surface area (Å²) >= 11 is 0. The molecule has 0 saturated carbocycles. The van der Waals surface area contributed by atoms with Crippen molar-refractivity contribution in [3.63, 3.8) is 0 Å². The van der Waals surface area contributed by atoms with E-state index in [9.17, 15) is 9.59 Å². The van der Waals surface area contributed by atoms with Gasteiger partial charge in [-0.1, -0.05) is 48.5 Å². The van der Waals surface area contributed by atoms with Crippen molar-refractivity contribution in [3.8, 4) is 11.5 Å². The van der Waals surface area contributed by atoms with Crippen LogP contribution in [0, 0.1) is 0 Å². The number of anilines is 1. The Kier molecular flexibility index (Phi) is 4.03. The minimum atomic E-state index is -0.586. The second kappa shape index (κ2) is 7.12. The highest BCUT2D eigenvalue weighted by Gasteiger charge is 2.53. The number of nitrogens with zero attached hydrogens (tertiary/aromatic N) is 2. The molecule has 0 radical (unpaired) electrons. The van der Waals surface area contributed by atoms with Gasteiger partial charge < -0.3 is 14.5 Å². The molecule has 34 heavy (non-hydrogen) atoms. The topological polar surface area (TPSA) is 74.9 Å². The molecule has 1 N–H and O–H groups in total. The monoisotopic (exact) mass is 451 g/mol. The van der Waals surface area contributed by atoms with E-state index in [-0.39, 0.29) is 18.0 Å². The number of hydrogen-bond donors (Lipinski definition) is 1. The molecule has 4 aromatic rings. The Morgan fingerprint density at radius 3 is 2.47 bits per heavy atom. The van der Waals surface area contributed by atoms with Crippen LogP contribution < -0.4 is 14.4 Å². The number of hydrogen-bond acceptors (Lipinski definition) is 4. The van der Waals surface area contributed by atoms with Gasteiger partial charge in [0.25, 0.3) is 5.91 Å². The highest BCUT2D eigenvalue weighted by Crippen LogP contribution is 2.45. The third-order valence-electron chi connectivity index (χ3n) is 6.95. The number of aromatic amines is 1. The molecule has 0 bridgehead atoms. The van der Waals surface area contributed by atoms with E-state index in [1.54, 1.807) is 23.1 Å². The number of fused-ring (bicyclic) bond motifs is 5. The van der Waals surface area contributed by atoms with Gasteiger partial charge in [-0.25, -0.2) is 9.69 Å². The van der Waals surface area contributed by atoms with Crippen LogP contribution in [-0.4, -0.2) is 41.1 Å². The quantitative estimate of drug-likeness (QED) is 0.458. The molecular formula is C27H21N3O4. The molecule has 1 fully saturated rings. The first-order valence-electron chi connectivity index (χ1n) is 11.4. The Morgan fingerprint density at radius 2 is 1.62 bits per heavy atom. The highest BCUT2D eigenvalue weighted by atomic mass is 16.6. The molecule has 7 heteroatoms. The number of carbonyl (C=O) groups excluding carboxylic acids is 2. The first-order chi connectivity index (χ1) is 16.7. The van der Waals surface area contributed by atoms with E-state index < -0.39 is 6.04 Å². The standard InChI is InChI=1S/C27H21N3O4/c31-26-21-15-19-18-8-4-5-9-20(18)28-24(19)25(16-6-2-1-3-7-16)30(21)27(32)29(26)17-10-11-22-23(14-17)34-13-12-33-22/h1-11,14,21,25,28H,12-13,15H2/t21-,25?/m1/s1. The van der Waals surface area contributed by atoms with E-state index in [2.05, 4.69) is 11.1 Å². The van der Waals surface area contributed by atoms with Gasteiger partial charge in [0, 0.05) is 29.1 Å². The zero-order valence-electron chi connectivity index (χ0n) is 18.2. The van der Waals surface area contributed by atoms with Crippen LogP contribution in [0.5, 0.6) is 11.5 Å². The summed E-state index contributed by atoms with van der Waals surface area (Å²) in [6.07, 6.45) is 0.467. The Labute approximate surface area is 195 Å². The van der Waals surface area contributed by atoms with Crippen LogP contribution >= 0.6 is 0 Å². The summed E-state index contributed by atoms with van der Waals surface area (Å²) in [6.45, 7) is 0.916. The Balaban J connectivity index is 1.37. The number of urea groups is 1. The van der Waals surface area contributed by atoms with Crippen molar-refractivity contribution < 1.29 is 19.1 Å². The molecule has 1 unspecified atom stereocenters. The molecule has 1 aromatic heterocycles. The van der Waals surface area contributed by atoms with E-state index in [1.807, 2.05) is 48.5 Å². The number of rotatable bonds is 2. The largest absolute Gasteiger partial charge is 0.486 e. The minimum absolute atomic E-state index is 0.224. The summed E-state index contributed by atoms with van der Waals surface area (Å²) in [5, 5.41) is 1.09. The van der Waals surface area contributed by atoms with Gasteiger partial charge in [-0.2, -0.15) is 0 Å². The van der Waals surface area contributed by atoms with Gasteiger partial charge in [0.2, 0.25) is 0 Å². The average Bonchev–Trinajstić information content (AvgIpc) is 3.37. The second-order valence-electron chi connectivity index (χ2n) is 8.79. The summed E-state index contributed by atoms with van der Waals surface area (Å²) < 4.78 is 11.3. The number of H-pyrrole nitrogens is 1. The number of carbonyl (C=O) groups is 2. The molecule has 7 rings (SSSR count). The number of nitrogens with one attached hydrogen (secondary N) is 1. The van der Waals surface area contributed by atoms with Crippen LogP contribution in [0.1, 0.15) is 22.9 Å². The molecular weight excluding hydrogens is 430 g/mol. The third-order valence-corrected chi connectivity index (χ3v) is 6.95. The smallest absolute Gasteiger partial charge is 0.332 e. The predicted molar refractivity (Wildman–Crippen MR) is 126 cm³/mol. The zero-order valence-corrected chi connectivity index (χ0v) is 18.2. The molecule has 3 aromatic carbocycles. The van der Waals surface area contributed by atoms with Crippen LogP contribution in [0.4, 0.5) is 10.5 Å². The zero-order chi connectivity index (χ0) is 22.8. The van der Waals surface area contributed by atoms with Gasteiger partial charge in [0.15, 0.2) is 11.5 Å². The van der Waals surface area contributed by atoms with Crippen molar-refractivity contribution in [3.05, 3.63) is 89.6 Å². The summed E-state index contributed by atoms with van der Waals surface area (Å²) in [5.74, 6) is 0.944. The van der Waals surface area contributed by atoms with Gasteiger partial charge in [0.1, 0.15) is 25.3 Å². The average molecular weight is 451 g/mol. The summed E-state index contributed by atoms with van der Waals surface area (Å²) in [7, 11) is 0. The van der Waals surface area contributed by atoms with Gasteiger partial charge in [0.05, 0.1) is 5.69 Å². The van der Waals surface area contributed by atoms with E-state index in [0.717, 1.165) is 27.7 Å². The Bertz CT molecular complexity index is 1460. The SMILES string of the molecule is O=C1[C@H]2Cc3c([nH]c4ccccc34)C(c3ccccc3)N2C(=O)N1c1ccc2c(c1)OCCO2. The summed E-state index contributed by atoms with van der Waals surface area (Å²) in [4.78, 5) is 34.2. The van der Waals surface area contributed by atoms with Gasteiger partial charge in [-0.15, -0.1) is 0 Å². The summed E-state index contributed by atoms with van der Waals surface area (Å²) in [5.41, 5.74) is 4.53. The molecule has 2 atom stereocenters. The molecule has 3 amide bonds. The third kappa shape index (κ3) is 2.64. The van der Waals surface area contributed by atoms with Crippen molar-refractivity contribution in [1.82, 2.24) is 9.88 Å². The maximum absolute atomic E-state index is 13.9. The number of aromatic nitrogens is 1. The number of amides is 3. The molecule has 0 aliphatic carbocycles. The van der Waals surface area contributed by atoms with Crippen LogP contribution in [-0.2, 0) is 11.2 Å². The molecule has 4 heterocycles. The fraction of sp³-hybridized carbons (Fsp3) is 0.185. The van der Waals surface area contributed by atoms with Crippen molar-refractivity contribution in [1.29, 1.82) is 0 Å². The maximum atomic E-state index is 13.9. The number of benzene rings is 3. The Morgan fingerprint density at radius 1 is 0.853 bits per heavy atom. The number of imide groups is 1. The fourth-order valence-corrected chi connectivity index (χ4v) is 5.47. The lowest BCUT2D eigenvalue weighted by molar-refractivity contribution is -0.120. The van der Waals surface area contributed by atoms with E-state index in [4.69, 9.17) is 9.47 Å². The first-order valence-corrected chi connectivity index (χ1v) is 11.4.